The van der Waals surface area contributed by atoms with Crippen LogP contribution in [0.25, 0.3) is 0 Å². The van der Waals surface area contributed by atoms with Crippen LogP contribution >= 0.6 is 0 Å². The SMILES string of the molecule is N=C1c2cc(cnc2N)CNCCn2cc(F)cc(c2=O)[C@H]2CCCN12. The average Bonchev–Trinajstić information content (AvgIpc) is 3.10. The number of nitrogens with one attached hydrogen (secondary N) is 2. The van der Waals surface area contributed by atoms with Gasteiger partial charge in [0, 0.05) is 44.1 Å². The number of anilines is 1. The zero-order valence-electron chi connectivity index (χ0n) is 14.3. The summed E-state index contributed by atoms with van der Waals surface area (Å²) in [6, 6.07) is 2.85. The summed E-state index contributed by atoms with van der Waals surface area (Å²) in [6.45, 7) is 2.06. The Morgan fingerprint density at radius 1 is 1.35 bits per heavy atom. The fourth-order valence-electron chi connectivity index (χ4n) is 3.78. The van der Waals surface area contributed by atoms with E-state index in [0.29, 0.717) is 43.7 Å². The molecule has 0 aromatic carbocycles. The number of pyridine rings is 2. The molecule has 4 heterocycles. The van der Waals surface area contributed by atoms with Crippen LogP contribution in [-0.2, 0) is 13.1 Å². The van der Waals surface area contributed by atoms with E-state index in [1.165, 1.54) is 16.8 Å². The van der Waals surface area contributed by atoms with Gasteiger partial charge < -0.3 is 20.5 Å². The molecule has 2 aromatic heterocycles. The van der Waals surface area contributed by atoms with Crippen LogP contribution in [0.2, 0.25) is 0 Å². The van der Waals surface area contributed by atoms with Gasteiger partial charge in [-0.1, -0.05) is 0 Å². The number of halogens is 1. The lowest BCUT2D eigenvalue weighted by molar-refractivity contribution is 0.390. The largest absolute Gasteiger partial charge is 0.383 e. The highest BCUT2D eigenvalue weighted by molar-refractivity contribution is 6.00. The Kier molecular flexibility index (Phi) is 4.20. The molecule has 4 N–H and O–H groups in total. The van der Waals surface area contributed by atoms with Gasteiger partial charge in [0.15, 0.2) is 0 Å². The van der Waals surface area contributed by atoms with E-state index in [-0.39, 0.29) is 23.3 Å². The van der Waals surface area contributed by atoms with E-state index in [2.05, 4.69) is 10.3 Å². The molecule has 8 heteroatoms. The van der Waals surface area contributed by atoms with Crippen LogP contribution in [0.15, 0.2) is 29.3 Å². The van der Waals surface area contributed by atoms with Crippen molar-refractivity contribution in [3.05, 3.63) is 57.4 Å². The molecular formula is C18H21FN6O. The van der Waals surface area contributed by atoms with Gasteiger partial charge in [-0.15, -0.1) is 0 Å². The minimum absolute atomic E-state index is 0.199. The Bertz CT molecular complexity index is 924. The first-order valence-corrected chi connectivity index (χ1v) is 8.75. The molecule has 0 unspecified atom stereocenters. The molecule has 2 aromatic rings. The van der Waals surface area contributed by atoms with Gasteiger partial charge in [-0.2, -0.15) is 0 Å². The maximum absolute atomic E-state index is 14.2. The normalized spacial score (nSPS) is 20.1. The van der Waals surface area contributed by atoms with E-state index in [4.69, 9.17) is 11.1 Å². The van der Waals surface area contributed by atoms with E-state index >= 15 is 0 Å². The van der Waals surface area contributed by atoms with Crippen molar-refractivity contribution in [2.45, 2.75) is 32.0 Å². The molecule has 1 saturated heterocycles. The van der Waals surface area contributed by atoms with Crippen LogP contribution in [0.3, 0.4) is 0 Å². The van der Waals surface area contributed by atoms with Crippen molar-refractivity contribution < 1.29 is 4.39 Å². The molecule has 4 bridgehead atoms. The quantitative estimate of drug-likeness (QED) is 0.659. The minimum Gasteiger partial charge on any atom is -0.383 e. The molecule has 1 atom stereocenters. The average molecular weight is 356 g/mol. The zero-order chi connectivity index (χ0) is 18.3. The molecule has 0 radical (unpaired) electrons. The summed E-state index contributed by atoms with van der Waals surface area (Å²) in [5, 5.41) is 11.9. The lowest BCUT2D eigenvalue weighted by Crippen LogP contribution is -2.36. The van der Waals surface area contributed by atoms with Crippen molar-refractivity contribution in [1.29, 1.82) is 5.41 Å². The standard InChI is InChI=1S/C18H21FN6O/c19-12-7-13-15-2-1-4-25(15)17(21)14-6-11(9-23-16(14)20)8-22-3-5-24(10-12)18(13)26/h6-7,9-10,15,21-22H,1-5,8H2,(H2,20,23)/t15-/m1/s1. The molecule has 0 saturated carbocycles. The van der Waals surface area contributed by atoms with Gasteiger partial charge in [-0.25, -0.2) is 9.37 Å². The fourth-order valence-corrected chi connectivity index (χ4v) is 3.78. The number of aromatic nitrogens is 2. The molecule has 7 nitrogen and oxygen atoms in total. The third-order valence-electron chi connectivity index (χ3n) is 5.07. The number of fused-ring (bicyclic) bond motifs is 6. The van der Waals surface area contributed by atoms with Gasteiger partial charge in [0.05, 0.1) is 11.6 Å². The molecule has 26 heavy (non-hydrogen) atoms. The Hall–Kier alpha value is -2.74. The van der Waals surface area contributed by atoms with Gasteiger partial charge in [0.1, 0.15) is 17.5 Å². The third kappa shape index (κ3) is 2.86. The number of hydrogen-bond donors (Lipinski definition) is 3. The van der Waals surface area contributed by atoms with Crippen molar-refractivity contribution in [2.24, 2.45) is 0 Å². The second kappa shape index (κ2) is 6.53. The summed E-state index contributed by atoms with van der Waals surface area (Å²) in [5.41, 5.74) is 7.67. The lowest BCUT2D eigenvalue weighted by atomic mass is 10.0. The summed E-state index contributed by atoms with van der Waals surface area (Å²) in [7, 11) is 0. The van der Waals surface area contributed by atoms with Gasteiger partial charge in [0.2, 0.25) is 0 Å². The number of nitrogen functional groups attached to an aromatic ring is 1. The first-order chi connectivity index (χ1) is 12.5. The van der Waals surface area contributed by atoms with E-state index in [1.54, 1.807) is 6.20 Å². The first kappa shape index (κ1) is 16.7. The van der Waals surface area contributed by atoms with Crippen LogP contribution in [0.1, 0.15) is 35.6 Å². The van der Waals surface area contributed by atoms with Gasteiger partial charge >= 0.3 is 0 Å². The fraction of sp³-hybridized carbons (Fsp3) is 0.389. The van der Waals surface area contributed by atoms with E-state index in [1.807, 2.05) is 11.0 Å². The van der Waals surface area contributed by atoms with Crippen LogP contribution in [-0.4, -0.2) is 33.4 Å². The summed E-state index contributed by atoms with van der Waals surface area (Å²) in [4.78, 5) is 18.9. The number of hydrogen-bond acceptors (Lipinski definition) is 5. The second-order valence-electron chi connectivity index (χ2n) is 6.77. The van der Waals surface area contributed by atoms with E-state index < -0.39 is 5.82 Å². The molecule has 2 aliphatic rings. The highest BCUT2D eigenvalue weighted by Crippen LogP contribution is 2.32. The Balaban J connectivity index is 1.86. The molecule has 136 valence electrons. The summed E-state index contributed by atoms with van der Waals surface area (Å²) in [6.07, 6.45) is 4.47. The van der Waals surface area contributed by atoms with E-state index in [9.17, 15) is 9.18 Å². The molecule has 0 aliphatic carbocycles. The molecule has 4 rings (SSSR count). The first-order valence-electron chi connectivity index (χ1n) is 8.75. The lowest BCUT2D eigenvalue weighted by Gasteiger charge is -2.28. The van der Waals surface area contributed by atoms with Crippen molar-refractivity contribution in [3.63, 3.8) is 0 Å². The van der Waals surface area contributed by atoms with Crippen LogP contribution in [0.5, 0.6) is 0 Å². The minimum atomic E-state index is -0.436. The predicted octanol–water partition coefficient (Wildman–Crippen LogP) is 1.23. The molecule has 1 fully saturated rings. The Morgan fingerprint density at radius 3 is 3.04 bits per heavy atom. The highest BCUT2D eigenvalue weighted by atomic mass is 19.1. The van der Waals surface area contributed by atoms with Crippen molar-refractivity contribution >= 4 is 11.7 Å². The van der Waals surface area contributed by atoms with Crippen LogP contribution < -0.4 is 16.6 Å². The predicted molar refractivity (Wildman–Crippen MR) is 96.5 cm³/mol. The summed E-state index contributed by atoms with van der Waals surface area (Å²) >= 11 is 0. The number of nitrogens with two attached hydrogens (primary N) is 1. The van der Waals surface area contributed by atoms with Crippen molar-refractivity contribution in [1.82, 2.24) is 19.8 Å². The molecule has 0 amide bonds. The molecule has 2 aliphatic heterocycles. The summed E-state index contributed by atoms with van der Waals surface area (Å²) < 4.78 is 15.6. The maximum Gasteiger partial charge on any atom is 0.256 e. The number of rotatable bonds is 0. The smallest absolute Gasteiger partial charge is 0.256 e. The van der Waals surface area contributed by atoms with Crippen LogP contribution in [0, 0.1) is 11.2 Å². The molecular weight excluding hydrogens is 335 g/mol. The summed E-state index contributed by atoms with van der Waals surface area (Å²) in [5.74, 6) is 0.0827. The second-order valence-corrected chi connectivity index (χ2v) is 6.77. The van der Waals surface area contributed by atoms with Crippen molar-refractivity contribution in [3.8, 4) is 0 Å². The monoisotopic (exact) mass is 356 g/mol. The van der Waals surface area contributed by atoms with Gasteiger partial charge in [0.25, 0.3) is 5.56 Å². The zero-order valence-corrected chi connectivity index (χ0v) is 14.3. The van der Waals surface area contributed by atoms with Crippen LogP contribution in [0.4, 0.5) is 10.2 Å². The molecule has 0 spiro atoms. The number of amidine groups is 1. The third-order valence-corrected chi connectivity index (χ3v) is 5.07. The Morgan fingerprint density at radius 2 is 2.19 bits per heavy atom. The maximum atomic E-state index is 14.2. The topological polar surface area (TPSA) is 100 Å². The van der Waals surface area contributed by atoms with E-state index in [0.717, 1.165) is 12.0 Å². The van der Waals surface area contributed by atoms with Crippen molar-refractivity contribution in [2.75, 3.05) is 18.8 Å². The van der Waals surface area contributed by atoms with Gasteiger partial charge in [-0.05, 0) is 30.5 Å². The highest BCUT2D eigenvalue weighted by Gasteiger charge is 2.32. The number of nitrogens with zero attached hydrogens (tertiary/aromatic N) is 3. The Labute approximate surface area is 150 Å². The van der Waals surface area contributed by atoms with Gasteiger partial charge in [-0.3, -0.25) is 10.2 Å².